The van der Waals surface area contributed by atoms with Gasteiger partial charge in [-0.25, -0.2) is 4.79 Å². The minimum Gasteiger partial charge on any atom is -0.480 e. The first-order valence-electron chi connectivity index (χ1n) is 6.00. The normalized spacial score (nSPS) is 9.90. The Morgan fingerprint density at radius 3 is 2.80 bits per heavy atom. The number of hydrogen-bond donors (Lipinski definition) is 1. The zero-order chi connectivity index (χ0) is 14.4. The molecule has 0 aliphatic heterocycles. The average molecular weight is 273 g/mol. The molecule has 20 heavy (non-hydrogen) atoms. The molecule has 0 spiro atoms. The fourth-order valence-corrected chi connectivity index (χ4v) is 1.66. The second kappa shape index (κ2) is 6.51. The molecule has 2 aromatic heterocycles. The number of nitrogens with one attached hydrogen (secondary N) is 1. The van der Waals surface area contributed by atoms with Gasteiger partial charge in [-0.2, -0.15) is 4.98 Å². The van der Waals surface area contributed by atoms with Gasteiger partial charge in [0.05, 0.1) is 14.2 Å². The lowest BCUT2D eigenvalue weighted by Gasteiger charge is -2.09. The SMILES string of the molecule is COC(=O)c1ccc(NCc2cccnc2)nc1OC. The lowest BCUT2D eigenvalue weighted by Crippen LogP contribution is -2.08. The van der Waals surface area contributed by atoms with Crippen LogP contribution >= 0.6 is 0 Å². The van der Waals surface area contributed by atoms with Gasteiger partial charge in [-0.3, -0.25) is 4.98 Å². The third-order valence-corrected chi connectivity index (χ3v) is 2.66. The molecule has 0 atom stereocenters. The van der Waals surface area contributed by atoms with Crippen LogP contribution in [0.2, 0.25) is 0 Å². The molecule has 0 aliphatic rings. The molecule has 0 aliphatic carbocycles. The summed E-state index contributed by atoms with van der Waals surface area (Å²) in [5.41, 5.74) is 1.33. The summed E-state index contributed by atoms with van der Waals surface area (Å²) in [6.07, 6.45) is 3.49. The van der Waals surface area contributed by atoms with Crippen molar-refractivity contribution in [3.05, 3.63) is 47.8 Å². The van der Waals surface area contributed by atoms with Crippen molar-refractivity contribution in [2.45, 2.75) is 6.54 Å². The van der Waals surface area contributed by atoms with Crippen LogP contribution in [0.4, 0.5) is 5.82 Å². The van der Waals surface area contributed by atoms with Crippen molar-refractivity contribution < 1.29 is 14.3 Å². The molecule has 2 rings (SSSR count). The van der Waals surface area contributed by atoms with Gasteiger partial charge in [0.1, 0.15) is 11.4 Å². The maximum Gasteiger partial charge on any atom is 0.343 e. The second-order valence-corrected chi connectivity index (χ2v) is 3.96. The molecule has 1 N–H and O–H groups in total. The van der Waals surface area contributed by atoms with Gasteiger partial charge in [-0.1, -0.05) is 6.07 Å². The molecule has 0 unspecified atom stereocenters. The maximum atomic E-state index is 11.5. The third-order valence-electron chi connectivity index (χ3n) is 2.66. The van der Waals surface area contributed by atoms with Gasteiger partial charge in [0.2, 0.25) is 5.88 Å². The molecule has 0 aromatic carbocycles. The largest absolute Gasteiger partial charge is 0.480 e. The van der Waals surface area contributed by atoms with Gasteiger partial charge < -0.3 is 14.8 Å². The lowest BCUT2D eigenvalue weighted by molar-refractivity contribution is 0.0596. The van der Waals surface area contributed by atoms with E-state index in [0.29, 0.717) is 17.9 Å². The number of aromatic nitrogens is 2. The van der Waals surface area contributed by atoms with Crippen molar-refractivity contribution in [1.82, 2.24) is 9.97 Å². The number of methoxy groups -OCH3 is 2. The summed E-state index contributed by atoms with van der Waals surface area (Å²) in [6.45, 7) is 0.585. The van der Waals surface area contributed by atoms with Crippen LogP contribution in [-0.4, -0.2) is 30.2 Å². The Balaban J connectivity index is 2.12. The van der Waals surface area contributed by atoms with Crippen molar-refractivity contribution >= 4 is 11.8 Å². The molecule has 0 bridgehead atoms. The molecule has 2 heterocycles. The molecular formula is C14H15N3O3. The Bertz CT molecular complexity index is 587. The minimum atomic E-state index is -0.479. The third kappa shape index (κ3) is 3.23. The van der Waals surface area contributed by atoms with Gasteiger partial charge in [-0.15, -0.1) is 0 Å². The zero-order valence-electron chi connectivity index (χ0n) is 11.3. The number of pyridine rings is 2. The monoisotopic (exact) mass is 273 g/mol. The summed E-state index contributed by atoms with van der Waals surface area (Å²) in [4.78, 5) is 19.8. The highest BCUT2D eigenvalue weighted by Gasteiger charge is 2.14. The van der Waals surface area contributed by atoms with Crippen molar-refractivity contribution in [3.63, 3.8) is 0 Å². The molecule has 104 valence electrons. The van der Waals surface area contributed by atoms with E-state index in [2.05, 4.69) is 20.0 Å². The van der Waals surface area contributed by atoms with Crippen molar-refractivity contribution in [1.29, 1.82) is 0 Å². The second-order valence-electron chi connectivity index (χ2n) is 3.96. The van der Waals surface area contributed by atoms with E-state index in [1.54, 1.807) is 24.5 Å². The van der Waals surface area contributed by atoms with Crippen LogP contribution in [0, 0.1) is 0 Å². The molecular weight excluding hydrogens is 258 g/mol. The van der Waals surface area contributed by atoms with Gasteiger partial charge >= 0.3 is 5.97 Å². The number of carbonyl (C=O) groups is 1. The van der Waals surface area contributed by atoms with Crippen LogP contribution in [0.1, 0.15) is 15.9 Å². The number of carbonyl (C=O) groups excluding carboxylic acids is 1. The van der Waals surface area contributed by atoms with E-state index < -0.39 is 5.97 Å². The lowest BCUT2D eigenvalue weighted by atomic mass is 10.2. The van der Waals surface area contributed by atoms with Gasteiger partial charge in [0.25, 0.3) is 0 Å². The van der Waals surface area contributed by atoms with E-state index in [0.717, 1.165) is 5.56 Å². The first-order chi connectivity index (χ1) is 9.74. The molecule has 0 fully saturated rings. The van der Waals surface area contributed by atoms with Gasteiger partial charge in [0, 0.05) is 18.9 Å². The van der Waals surface area contributed by atoms with Crippen molar-refractivity contribution in [2.75, 3.05) is 19.5 Å². The first kappa shape index (κ1) is 13.8. The Hall–Kier alpha value is -2.63. The van der Waals surface area contributed by atoms with E-state index >= 15 is 0 Å². The molecule has 0 radical (unpaired) electrons. The summed E-state index contributed by atoms with van der Waals surface area (Å²) in [5.74, 6) is 0.361. The maximum absolute atomic E-state index is 11.5. The first-order valence-corrected chi connectivity index (χ1v) is 6.00. The Labute approximate surface area is 116 Å². The van der Waals surface area contributed by atoms with Crippen LogP contribution in [0.3, 0.4) is 0 Å². The number of ether oxygens (including phenoxy) is 2. The average Bonchev–Trinajstić information content (AvgIpc) is 2.52. The predicted molar refractivity (Wildman–Crippen MR) is 73.7 cm³/mol. The number of hydrogen-bond acceptors (Lipinski definition) is 6. The van der Waals surface area contributed by atoms with E-state index in [-0.39, 0.29) is 5.88 Å². The fourth-order valence-electron chi connectivity index (χ4n) is 1.66. The van der Waals surface area contributed by atoms with Gasteiger partial charge in [0.15, 0.2) is 0 Å². The number of rotatable bonds is 5. The van der Waals surface area contributed by atoms with Crippen LogP contribution in [0.25, 0.3) is 0 Å². The zero-order valence-corrected chi connectivity index (χ0v) is 11.3. The molecule has 0 saturated heterocycles. The van der Waals surface area contributed by atoms with Crippen molar-refractivity contribution in [2.24, 2.45) is 0 Å². The highest BCUT2D eigenvalue weighted by molar-refractivity contribution is 5.92. The Morgan fingerprint density at radius 2 is 2.15 bits per heavy atom. The van der Waals surface area contributed by atoms with Crippen LogP contribution in [-0.2, 0) is 11.3 Å². The Morgan fingerprint density at radius 1 is 1.30 bits per heavy atom. The van der Waals surface area contributed by atoms with Crippen LogP contribution in [0.15, 0.2) is 36.7 Å². The summed E-state index contributed by atoms with van der Waals surface area (Å²) < 4.78 is 9.76. The molecule has 2 aromatic rings. The molecule has 0 amide bonds. The summed E-state index contributed by atoms with van der Waals surface area (Å²) >= 11 is 0. The Kier molecular flexibility index (Phi) is 4.49. The van der Waals surface area contributed by atoms with Crippen LogP contribution in [0.5, 0.6) is 5.88 Å². The smallest absolute Gasteiger partial charge is 0.343 e. The molecule has 6 heteroatoms. The van der Waals surface area contributed by atoms with Crippen molar-refractivity contribution in [3.8, 4) is 5.88 Å². The van der Waals surface area contributed by atoms with E-state index in [4.69, 9.17) is 4.74 Å². The summed E-state index contributed by atoms with van der Waals surface area (Å²) in [6, 6.07) is 7.14. The minimum absolute atomic E-state index is 0.230. The van der Waals surface area contributed by atoms with E-state index in [9.17, 15) is 4.79 Å². The quantitative estimate of drug-likeness (QED) is 0.838. The number of anilines is 1. The van der Waals surface area contributed by atoms with Gasteiger partial charge in [-0.05, 0) is 23.8 Å². The highest BCUT2D eigenvalue weighted by atomic mass is 16.5. The predicted octanol–water partition coefficient (Wildman–Crippen LogP) is 1.88. The topological polar surface area (TPSA) is 73.3 Å². The van der Waals surface area contributed by atoms with E-state index in [1.807, 2.05) is 12.1 Å². The highest BCUT2D eigenvalue weighted by Crippen LogP contribution is 2.19. The number of esters is 1. The van der Waals surface area contributed by atoms with Crippen LogP contribution < -0.4 is 10.1 Å². The van der Waals surface area contributed by atoms with E-state index in [1.165, 1.54) is 14.2 Å². The molecule has 0 saturated carbocycles. The standard InChI is InChI=1S/C14H15N3O3/c1-19-13-11(14(18)20-2)5-6-12(17-13)16-9-10-4-3-7-15-8-10/h3-8H,9H2,1-2H3,(H,16,17). The molecule has 6 nitrogen and oxygen atoms in total. The fraction of sp³-hybridized carbons (Fsp3) is 0.214. The summed E-state index contributed by atoms with van der Waals surface area (Å²) in [7, 11) is 2.77. The number of nitrogens with zero attached hydrogens (tertiary/aromatic N) is 2. The summed E-state index contributed by atoms with van der Waals surface area (Å²) in [5, 5.41) is 3.14.